The van der Waals surface area contributed by atoms with Crippen LogP contribution < -0.4 is 4.90 Å². The summed E-state index contributed by atoms with van der Waals surface area (Å²) in [7, 11) is 0. The Kier molecular flexibility index (Phi) is 3.50. The molecule has 1 atom stereocenters. The Labute approximate surface area is 124 Å². The third-order valence-electron chi connectivity index (χ3n) is 4.16. The fourth-order valence-corrected chi connectivity index (χ4v) is 2.99. The highest BCUT2D eigenvalue weighted by molar-refractivity contribution is 6.08. The van der Waals surface area contributed by atoms with Crippen LogP contribution in [0.1, 0.15) is 34.8 Å². The molecule has 3 rings (SSSR count). The molecule has 1 heterocycles. The number of hydrogen-bond donors (Lipinski definition) is 0. The molecule has 3 heteroatoms. The summed E-state index contributed by atoms with van der Waals surface area (Å²) in [5, 5.41) is 0. The van der Waals surface area contributed by atoms with Crippen molar-refractivity contribution in [1.82, 2.24) is 0 Å². The predicted molar refractivity (Wildman–Crippen MR) is 82.2 cm³/mol. The maximum Gasteiger partial charge on any atom is 0.258 e. The summed E-state index contributed by atoms with van der Waals surface area (Å²) in [6.45, 7) is 3.84. The monoisotopic (exact) mass is 283 g/mol. The minimum atomic E-state index is -0.309. The molecule has 0 radical (unpaired) electrons. The molecule has 0 aliphatic carbocycles. The number of aryl methyl sites for hydroxylation is 2. The van der Waals surface area contributed by atoms with Crippen LogP contribution in [0.2, 0.25) is 0 Å². The van der Waals surface area contributed by atoms with E-state index >= 15 is 0 Å². The second-order valence-corrected chi connectivity index (χ2v) is 5.65. The van der Waals surface area contributed by atoms with Gasteiger partial charge in [0.05, 0.1) is 0 Å². The first-order valence-electron chi connectivity index (χ1n) is 7.25. The Bertz CT molecular complexity index is 695. The van der Waals surface area contributed by atoms with Gasteiger partial charge >= 0.3 is 0 Å². The van der Waals surface area contributed by atoms with E-state index in [1.807, 2.05) is 23.1 Å². The highest BCUT2D eigenvalue weighted by atomic mass is 19.1. The number of benzene rings is 2. The average molecular weight is 283 g/mol. The first-order valence-corrected chi connectivity index (χ1v) is 7.25. The van der Waals surface area contributed by atoms with E-state index in [9.17, 15) is 9.18 Å². The van der Waals surface area contributed by atoms with Gasteiger partial charge in [-0.15, -0.1) is 0 Å². The normalized spacial score (nSPS) is 17.5. The van der Waals surface area contributed by atoms with Gasteiger partial charge in [0, 0.05) is 17.3 Å². The van der Waals surface area contributed by atoms with Crippen molar-refractivity contribution in [3.05, 3.63) is 65.0 Å². The molecule has 0 saturated carbocycles. The molecule has 2 aromatic rings. The van der Waals surface area contributed by atoms with E-state index in [1.54, 1.807) is 13.0 Å². The SMILES string of the molecule is Cc1cc(F)ccc1C(=O)N1c2ccccc2CCC1C. The zero-order valence-corrected chi connectivity index (χ0v) is 12.3. The van der Waals surface area contributed by atoms with Crippen molar-refractivity contribution >= 4 is 11.6 Å². The van der Waals surface area contributed by atoms with Crippen LogP contribution in [0, 0.1) is 12.7 Å². The van der Waals surface area contributed by atoms with Crippen LogP contribution in [0.15, 0.2) is 42.5 Å². The molecule has 1 amide bonds. The van der Waals surface area contributed by atoms with Gasteiger partial charge in [0.25, 0.3) is 5.91 Å². The minimum Gasteiger partial charge on any atom is -0.305 e. The Morgan fingerprint density at radius 1 is 1.24 bits per heavy atom. The fraction of sp³-hybridized carbons (Fsp3) is 0.278. The molecule has 2 aromatic carbocycles. The van der Waals surface area contributed by atoms with Gasteiger partial charge in [0.15, 0.2) is 0 Å². The van der Waals surface area contributed by atoms with Gasteiger partial charge in [-0.05, 0) is 62.1 Å². The third kappa shape index (κ3) is 2.44. The summed E-state index contributed by atoms with van der Waals surface area (Å²) in [6.07, 6.45) is 1.94. The Morgan fingerprint density at radius 3 is 2.76 bits per heavy atom. The number of fused-ring (bicyclic) bond motifs is 1. The van der Waals surface area contributed by atoms with Crippen molar-refractivity contribution in [2.24, 2.45) is 0 Å². The topological polar surface area (TPSA) is 20.3 Å². The van der Waals surface area contributed by atoms with E-state index in [0.717, 1.165) is 18.5 Å². The zero-order valence-electron chi connectivity index (χ0n) is 12.3. The molecule has 1 aliphatic rings. The summed E-state index contributed by atoms with van der Waals surface area (Å²) >= 11 is 0. The third-order valence-corrected chi connectivity index (χ3v) is 4.16. The number of hydrogen-bond acceptors (Lipinski definition) is 1. The first-order chi connectivity index (χ1) is 10.1. The van der Waals surface area contributed by atoms with E-state index in [-0.39, 0.29) is 17.8 Å². The maximum absolute atomic E-state index is 13.2. The summed E-state index contributed by atoms with van der Waals surface area (Å²) in [5.41, 5.74) is 3.42. The lowest BCUT2D eigenvalue weighted by molar-refractivity contribution is 0.0974. The van der Waals surface area contributed by atoms with Crippen LogP contribution in [0.4, 0.5) is 10.1 Å². The van der Waals surface area contributed by atoms with Gasteiger partial charge in [-0.3, -0.25) is 4.79 Å². The molecule has 108 valence electrons. The van der Waals surface area contributed by atoms with Crippen molar-refractivity contribution < 1.29 is 9.18 Å². The van der Waals surface area contributed by atoms with Gasteiger partial charge in [0.2, 0.25) is 0 Å². The van der Waals surface area contributed by atoms with Crippen LogP contribution in [0.3, 0.4) is 0 Å². The van der Waals surface area contributed by atoms with E-state index < -0.39 is 0 Å². The standard InChI is InChI=1S/C18H18FNO/c1-12-11-15(19)9-10-16(12)18(21)20-13(2)7-8-14-5-3-4-6-17(14)20/h3-6,9-11,13H,7-8H2,1-2H3. The first kappa shape index (κ1) is 13.8. The summed E-state index contributed by atoms with van der Waals surface area (Å²) in [5.74, 6) is -0.358. The Morgan fingerprint density at radius 2 is 2.00 bits per heavy atom. The lowest BCUT2D eigenvalue weighted by Gasteiger charge is -2.35. The number of nitrogens with zero attached hydrogens (tertiary/aromatic N) is 1. The lowest BCUT2D eigenvalue weighted by atomic mass is 9.95. The van der Waals surface area contributed by atoms with E-state index in [0.29, 0.717) is 11.1 Å². The molecule has 0 aromatic heterocycles. The van der Waals surface area contributed by atoms with Crippen LogP contribution in [0.5, 0.6) is 0 Å². The molecule has 21 heavy (non-hydrogen) atoms. The molecule has 2 nitrogen and oxygen atoms in total. The molecule has 1 unspecified atom stereocenters. The highest BCUT2D eigenvalue weighted by Crippen LogP contribution is 2.32. The van der Waals surface area contributed by atoms with Crippen molar-refractivity contribution in [3.8, 4) is 0 Å². The zero-order chi connectivity index (χ0) is 15.0. The Balaban J connectivity index is 2.05. The van der Waals surface area contributed by atoms with E-state index in [2.05, 4.69) is 13.0 Å². The van der Waals surface area contributed by atoms with Gasteiger partial charge in [0.1, 0.15) is 5.82 Å². The quantitative estimate of drug-likeness (QED) is 0.771. The van der Waals surface area contributed by atoms with Crippen LogP contribution in [-0.4, -0.2) is 11.9 Å². The molecular weight excluding hydrogens is 265 g/mol. The largest absolute Gasteiger partial charge is 0.305 e. The van der Waals surface area contributed by atoms with Crippen molar-refractivity contribution in [3.63, 3.8) is 0 Å². The molecule has 0 fully saturated rings. The number of para-hydroxylation sites is 1. The average Bonchev–Trinajstić information content (AvgIpc) is 2.46. The minimum absolute atomic E-state index is 0.0489. The highest BCUT2D eigenvalue weighted by Gasteiger charge is 2.29. The predicted octanol–water partition coefficient (Wildman–Crippen LogP) is 4.12. The van der Waals surface area contributed by atoms with Gasteiger partial charge in [-0.2, -0.15) is 0 Å². The summed E-state index contributed by atoms with van der Waals surface area (Å²) in [6, 6.07) is 12.5. The van der Waals surface area contributed by atoms with Gasteiger partial charge in [-0.25, -0.2) is 4.39 Å². The van der Waals surface area contributed by atoms with Crippen molar-refractivity contribution in [1.29, 1.82) is 0 Å². The second kappa shape index (κ2) is 5.32. The smallest absolute Gasteiger partial charge is 0.258 e. The number of rotatable bonds is 1. The molecule has 0 saturated heterocycles. The Hall–Kier alpha value is -2.16. The van der Waals surface area contributed by atoms with Gasteiger partial charge in [-0.1, -0.05) is 18.2 Å². The number of halogens is 1. The molecule has 0 bridgehead atoms. The van der Waals surface area contributed by atoms with Crippen LogP contribution >= 0.6 is 0 Å². The lowest BCUT2D eigenvalue weighted by Crippen LogP contribution is -2.42. The number of amides is 1. The molecule has 0 spiro atoms. The molecule has 0 N–H and O–H groups in total. The summed E-state index contributed by atoms with van der Waals surface area (Å²) < 4.78 is 13.2. The number of carbonyl (C=O) groups is 1. The van der Waals surface area contributed by atoms with Crippen LogP contribution in [-0.2, 0) is 6.42 Å². The second-order valence-electron chi connectivity index (χ2n) is 5.65. The number of carbonyl (C=O) groups excluding carboxylic acids is 1. The van der Waals surface area contributed by atoms with Crippen molar-refractivity contribution in [2.75, 3.05) is 4.90 Å². The van der Waals surface area contributed by atoms with Gasteiger partial charge < -0.3 is 4.90 Å². The van der Waals surface area contributed by atoms with E-state index in [4.69, 9.17) is 0 Å². The summed E-state index contributed by atoms with van der Waals surface area (Å²) in [4.78, 5) is 14.8. The van der Waals surface area contributed by atoms with Crippen molar-refractivity contribution in [2.45, 2.75) is 32.7 Å². The van der Waals surface area contributed by atoms with Crippen LogP contribution in [0.25, 0.3) is 0 Å². The molecular formula is C18H18FNO. The number of anilines is 1. The van der Waals surface area contributed by atoms with E-state index in [1.165, 1.54) is 17.7 Å². The fourth-order valence-electron chi connectivity index (χ4n) is 2.99. The maximum atomic E-state index is 13.2. The molecule has 1 aliphatic heterocycles.